The molecule has 8 N–H and O–H groups in total. The average molecular weight is 1260 g/mol. The normalized spacial score (nSPS) is 23.2. The van der Waals surface area contributed by atoms with Gasteiger partial charge in [-0.2, -0.15) is 10.2 Å². The number of hydrogen-bond acceptors (Lipinski definition) is 25. The van der Waals surface area contributed by atoms with E-state index in [0.717, 1.165) is 10.8 Å². The minimum atomic E-state index is -4.36. The lowest BCUT2D eigenvalue weighted by molar-refractivity contribution is -0.150. The number of aliphatic hydroxyl groups is 2. The molecule has 0 saturated carbocycles. The van der Waals surface area contributed by atoms with Crippen LogP contribution >= 0.6 is 15.5 Å². The lowest BCUT2D eigenvalue weighted by Crippen LogP contribution is -2.41. The smallest absolute Gasteiger partial charge is 0.462 e. The monoisotopic (exact) mass is 1260 g/mol. The van der Waals surface area contributed by atoms with Crippen molar-refractivity contribution in [3.63, 3.8) is 0 Å². The number of carbonyl (C=O) groups is 3. The fourth-order valence-electron chi connectivity index (χ4n) is 9.96. The lowest BCUT2D eigenvalue weighted by atomic mass is 10.1. The molecule has 2 unspecified atom stereocenters. The van der Waals surface area contributed by atoms with Crippen LogP contribution in [-0.4, -0.2) is 140 Å². The van der Waals surface area contributed by atoms with Gasteiger partial charge in [0.15, 0.2) is 47.6 Å². The number of nitrogens with two attached hydrogens (primary N) is 2. The Morgan fingerprint density at radius 2 is 0.989 bits per heavy atom. The maximum atomic E-state index is 14.5. The predicted molar refractivity (Wildman–Crippen MR) is 321 cm³/mol. The second-order valence-electron chi connectivity index (χ2n) is 21.0. The Kier molecular flexibility index (Phi) is 20.4. The van der Waals surface area contributed by atoms with E-state index in [0.29, 0.717) is 27.5 Å². The first-order valence-electron chi connectivity index (χ1n) is 27.3. The number of imidazole rings is 2. The van der Waals surface area contributed by atoms with E-state index >= 15 is 0 Å². The van der Waals surface area contributed by atoms with Crippen LogP contribution in [0.3, 0.4) is 0 Å². The van der Waals surface area contributed by atoms with Crippen molar-refractivity contribution < 1.29 is 80.2 Å². The zero-order valence-electron chi connectivity index (χ0n) is 47.6. The first kappa shape index (κ1) is 66.0. The molecule has 14 atom stereocenters. The van der Waals surface area contributed by atoms with Gasteiger partial charge in [0.1, 0.15) is 71.7 Å². The van der Waals surface area contributed by atoms with Crippen molar-refractivity contribution in [3.05, 3.63) is 110 Å². The van der Waals surface area contributed by atoms with E-state index in [1.165, 1.54) is 50.6 Å². The molecule has 4 aromatic heterocycles. The highest BCUT2D eigenvalue weighted by molar-refractivity contribution is 7.52. The quantitative estimate of drug-likeness (QED) is 0.0240. The molecule has 88 heavy (non-hydrogen) atoms. The van der Waals surface area contributed by atoms with Crippen LogP contribution in [0.1, 0.15) is 82.7 Å². The summed E-state index contributed by atoms with van der Waals surface area (Å²) < 4.78 is 89.5. The van der Waals surface area contributed by atoms with Gasteiger partial charge >= 0.3 is 33.6 Å². The summed E-state index contributed by atoms with van der Waals surface area (Å²) in [5.41, 5.74) is 13.1. The predicted octanol–water partition coefficient (Wildman–Crippen LogP) is 7.86. The summed E-state index contributed by atoms with van der Waals surface area (Å²) >= 11 is 0. The van der Waals surface area contributed by atoms with Crippen molar-refractivity contribution in [2.45, 2.75) is 156 Å². The van der Waals surface area contributed by atoms with Crippen LogP contribution in [0.5, 0.6) is 11.5 Å². The minimum absolute atomic E-state index is 0. The van der Waals surface area contributed by atoms with Crippen LogP contribution < -0.4 is 30.7 Å². The van der Waals surface area contributed by atoms with Crippen molar-refractivity contribution in [2.24, 2.45) is 0 Å². The van der Waals surface area contributed by atoms with Gasteiger partial charge in [-0.3, -0.25) is 27.8 Å². The van der Waals surface area contributed by atoms with E-state index in [-0.39, 0.29) is 43.6 Å². The maximum Gasteiger partial charge on any atom is 0.509 e. The highest BCUT2D eigenvalue weighted by atomic mass is 31.2. The van der Waals surface area contributed by atoms with Gasteiger partial charge in [0.2, 0.25) is 0 Å². The van der Waals surface area contributed by atoms with Gasteiger partial charge in [0.25, 0.3) is 0 Å². The number of nitrogens with zero attached hydrogens (tertiary/aromatic N) is 8. The molecule has 0 amide bonds. The van der Waals surface area contributed by atoms with Gasteiger partial charge < -0.3 is 59.1 Å². The molecule has 472 valence electrons. The number of aliphatic hydroxyl groups excluding tert-OH is 2. The summed E-state index contributed by atoms with van der Waals surface area (Å²) in [6, 6.07) is 23.0. The zero-order valence-corrected chi connectivity index (χ0v) is 49.4. The Morgan fingerprint density at radius 1 is 0.568 bits per heavy atom. The Bertz CT molecular complexity index is 3880. The molecule has 0 bridgehead atoms. The fraction of sp³-hybridized carbons (Fsp3) is 0.421. The number of esters is 2. The summed E-state index contributed by atoms with van der Waals surface area (Å²) in [5, 5.41) is 30.2. The van der Waals surface area contributed by atoms with Crippen LogP contribution in [0.25, 0.3) is 43.9 Å². The van der Waals surface area contributed by atoms with E-state index in [1.807, 2.05) is 54.6 Å². The van der Waals surface area contributed by atoms with Gasteiger partial charge in [0.05, 0.1) is 37.1 Å². The van der Waals surface area contributed by atoms with E-state index in [1.54, 1.807) is 69.5 Å². The Balaban J connectivity index is 0.000000223. The first-order valence-corrected chi connectivity index (χ1v) is 30.4. The molecular formula is C57H72N12O17P2. The molecule has 3 aliphatic rings. The lowest BCUT2D eigenvalue weighted by Gasteiger charge is -2.29. The number of carbonyl (C=O) groups excluding carboxylic acids is 3. The third-order valence-corrected chi connectivity index (χ3v) is 17.4. The molecule has 7 heterocycles. The topological polar surface area (TPSA) is 381 Å². The molecule has 8 aromatic rings. The second-order valence-corrected chi connectivity index (χ2v) is 24.3. The summed E-state index contributed by atoms with van der Waals surface area (Å²) in [6.45, 7) is 12.8. The van der Waals surface area contributed by atoms with E-state index in [9.17, 15) is 33.7 Å². The molecule has 3 fully saturated rings. The summed E-state index contributed by atoms with van der Waals surface area (Å²) in [4.78, 5) is 62.3. The largest absolute Gasteiger partial charge is 0.509 e. The molecule has 0 aliphatic carbocycles. The van der Waals surface area contributed by atoms with Crippen LogP contribution in [0.4, 0.5) is 16.4 Å². The Labute approximate surface area is 505 Å². The number of fused-ring (bicyclic) bond motifs is 5. The number of nitrogens with one attached hydrogen (secondary N) is 2. The Morgan fingerprint density at radius 3 is 1.47 bits per heavy atom. The number of nitrogen functional groups attached to an aromatic ring is 2. The van der Waals surface area contributed by atoms with E-state index < -0.39 is 119 Å². The van der Waals surface area contributed by atoms with Gasteiger partial charge in [-0.15, -0.1) is 0 Å². The van der Waals surface area contributed by atoms with Gasteiger partial charge in [-0.1, -0.05) is 87.6 Å². The van der Waals surface area contributed by atoms with Crippen LogP contribution in [0, 0.1) is 0 Å². The molecule has 29 nitrogen and oxygen atoms in total. The highest BCUT2D eigenvalue weighted by Crippen LogP contribution is 2.52. The van der Waals surface area contributed by atoms with Gasteiger partial charge in [-0.25, -0.2) is 43.8 Å². The molecule has 31 heteroatoms. The van der Waals surface area contributed by atoms with Gasteiger partial charge in [0, 0.05) is 10.8 Å². The molecular weight excluding hydrogens is 1190 g/mol. The number of anilines is 2. The van der Waals surface area contributed by atoms with Crippen LogP contribution in [0.2, 0.25) is 0 Å². The molecule has 0 spiro atoms. The standard InChI is InChI=1S/C28H31N6O9P.C27H33N6O8P.2CH4/c1-14(2)38-27(35)15(3)33-44(37,43-19-11-7-9-17-8-5-6-10-18(17)19)42-16(4)21-22-23(41-28(36)40-22)26(39-21)34-13-32-20-24(29)30-12-31-25(20)34;1-14(2)38-27(36)15(3)32-42(37,41-19-11-7-9-17-8-5-6-10-18(17)19)40-16(4)23-21(34)22(35)26(39-23)33-13-31-20-24(28)29-12-30-25(20)33;;/h5-16,21-23,26H,1-4H3,(H,33,37)(H2,29,30,31);5-16,21-23,26,34-35H,1-4H3,(H,32,37)(H2,28,29,30);2*1H4/t15-,16-,21+,22+,23+,26+,44?;15-,16-,21-,22+,23+,26+,42?;;/m00../s1. The maximum absolute atomic E-state index is 14.5. The summed E-state index contributed by atoms with van der Waals surface area (Å²) in [5.74, 6) is -0.503. The number of ether oxygens (including phenoxy) is 6. The fourth-order valence-corrected chi connectivity index (χ4v) is 13.4. The van der Waals surface area contributed by atoms with Crippen LogP contribution in [-0.2, 0) is 56.2 Å². The summed E-state index contributed by atoms with van der Waals surface area (Å²) in [7, 11) is -8.71. The Hall–Kier alpha value is -7.95. The van der Waals surface area contributed by atoms with Crippen molar-refractivity contribution in [3.8, 4) is 11.5 Å². The number of benzene rings is 4. The highest BCUT2D eigenvalue weighted by Gasteiger charge is 2.58. The average Bonchev–Trinajstić information content (AvgIpc) is 1.74. The van der Waals surface area contributed by atoms with E-state index in [2.05, 4.69) is 40.1 Å². The zero-order chi connectivity index (χ0) is 61.4. The number of rotatable bonds is 20. The van der Waals surface area contributed by atoms with Crippen molar-refractivity contribution in [1.29, 1.82) is 0 Å². The number of hydrogen-bond donors (Lipinski definition) is 6. The van der Waals surface area contributed by atoms with Crippen molar-refractivity contribution in [2.75, 3.05) is 11.5 Å². The molecule has 3 aliphatic heterocycles. The van der Waals surface area contributed by atoms with Crippen molar-refractivity contribution in [1.82, 2.24) is 49.2 Å². The van der Waals surface area contributed by atoms with E-state index in [4.69, 9.17) is 58.0 Å². The number of aromatic nitrogens is 8. The molecule has 4 aromatic carbocycles. The third-order valence-electron chi connectivity index (χ3n) is 13.9. The SMILES string of the molecule is C.C.CC(C)OC(=O)[C@H](C)NP(=O)(Oc1cccc2ccccc12)O[C@@H](C)[C@H]1O[C@@H](n2cnc3c(N)ncnc32)[C@@H]2OC(=O)O[C@@H]21.CC(C)OC(=O)[C@H](C)NP(=O)(Oc1cccc2ccccc12)O[C@@H](C)[C@H]1O[C@@H](n2cnc3c(N)ncnc32)[C@H](O)[C@@H]1O. The van der Waals surface area contributed by atoms with Crippen LogP contribution in [0.15, 0.2) is 110 Å². The van der Waals surface area contributed by atoms with Crippen molar-refractivity contribution >= 4 is 89.1 Å². The second kappa shape index (κ2) is 27.2. The third kappa shape index (κ3) is 14.0. The molecule has 11 rings (SSSR count). The minimum Gasteiger partial charge on any atom is -0.462 e. The molecule has 3 saturated heterocycles. The van der Waals surface area contributed by atoms with Gasteiger partial charge in [-0.05, 0) is 78.3 Å². The first-order chi connectivity index (χ1) is 41.0. The molecule has 0 radical (unpaired) electrons. The summed E-state index contributed by atoms with van der Waals surface area (Å²) in [6.07, 6.45) is -7.51.